The van der Waals surface area contributed by atoms with Crippen molar-refractivity contribution in [2.45, 2.75) is 47.8 Å². The van der Waals surface area contributed by atoms with Gasteiger partial charge in [0.2, 0.25) is 0 Å². The van der Waals surface area contributed by atoms with Gasteiger partial charge in [0, 0.05) is 12.3 Å². The number of nitro groups is 1. The summed E-state index contributed by atoms with van der Waals surface area (Å²) < 4.78 is 28.6. The molecule has 0 radical (unpaired) electrons. The monoisotopic (exact) mass is 449 g/mol. The molecule has 160 valence electrons. The van der Waals surface area contributed by atoms with Crippen molar-refractivity contribution in [1.29, 1.82) is 0 Å². The summed E-state index contributed by atoms with van der Waals surface area (Å²) in [6, 6.07) is 11.2. The molecule has 0 heterocycles. The molecule has 0 N–H and O–H groups in total. The average Bonchev–Trinajstić information content (AvgIpc) is 2.72. The highest BCUT2D eigenvalue weighted by atomic mass is 32.2. The Morgan fingerprint density at radius 2 is 1.80 bits per heavy atom. The van der Waals surface area contributed by atoms with Gasteiger partial charge in [-0.05, 0) is 48.6 Å². The van der Waals surface area contributed by atoms with Crippen molar-refractivity contribution in [2.24, 2.45) is 0 Å². The maximum atomic E-state index is 12.2. The number of esters is 1. The number of carbonyl (C=O) groups excluding carboxylic acids is 1. The van der Waals surface area contributed by atoms with Crippen molar-refractivity contribution in [3.8, 4) is 5.75 Å². The van der Waals surface area contributed by atoms with Gasteiger partial charge in [0.05, 0.1) is 20.5 Å². The molecule has 1 aliphatic carbocycles. The topological polar surface area (TPSA) is 104 Å². The molecule has 0 amide bonds. The van der Waals surface area contributed by atoms with Crippen LogP contribution < -0.4 is 4.74 Å². The lowest BCUT2D eigenvalue weighted by atomic mass is 9.84. The summed E-state index contributed by atoms with van der Waals surface area (Å²) in [5, 5.41) is 11.3. The lowest BCUT2D eigenvalue weighted by Gasteiger charge is -2.22. The molecule has 2 aromatic rings. The molecular weight excluding hydrogens is 426 g/mol. The largest absolute Gasteiger partial charge is 0.426 e. The zero-order chi connectivity index (χ0) is 21.7. The molecule has 0 spiro atoms. The van der Waals surface area contributed by atoms with Gasteiger partial charge in [-0.2, -0.15) is 0 Å². The number of rotatable bonds is 7. The maximum absolute atomic E-state index is 12.2. The van der Waals surface area contributed by atoms with E-state index in [2.05, 4.69) is 0 Å². The van der Waals surface area contributed by atoms with Crippen molar-refractivity contribution in [1.82, 2.24) is 0 Å². The molecule has 0 unspecified atom stereocenters. The van der Waals surface area contributed by atoms with Gasteiger partial charge in [-0.15, -0.1) is 11.8 Å². The molecule has 2 aromatic carbocycles. The van der Waals surface area contributed by atoms with Crippen LogP contribution in [0.2, 0.25) is 0 Å². The van der Waals surface area contributed by atoms with E-state index in [9.17, 15) is 23.3 Å². The Hall–Kier alpha value is -2.39. The Labute approximate surface area is 179 Å². The Morgan fingerprint density at radius 1 is 1.13 bits per heavy atom. The summed E-state index contributed by atoms with van der Waals surface area (Å²) in [7, 11) is -3.56. The van der Waals surface area contributed by atoms with E-state index in [-0.39, 0.29) is 21.2 Å². The summed E-state index contributed by atoms with van der Waals surface area (Å²) in [4.78, 5) is 22.9. The van der Waals surface area contributed by atoms with Crippen LogP contribution in [0, 0.1) is 10.1 Å². The molecule has 0 saturated heterocycles. The number of sulfone groups is 1. The van der Waals surface area contributed by atoms with Crippen LogP contribution in [0.25, 0.3) is 0 Å². The predicted octanol–water partition coefficient (Wildman–Crippen LogP) is 4.74. The third-order valence-electron chi connectivity index (χ3n) is 5.09. The molecule has 0 bridgehead atoms. The quantitative estimate of drug-likeness (QED) is 0.198. The van der Waals surface area contributed by atoms with Crippen LogP contribution in [-0.2, 0) is 14.6 Å². The summed E-state index contributed by atoms with van der Waals surface area (Å²) >= 11 is 0.937. The zero-order valence-electron chi connectivity index (χ0n) is 16.6. The summed E-state index contributed by atoms with van der Waals surface area (Å²) in [5.41, 5.74) is 0.901. The van der Waals surface area contributed by atoms with E-state index >= 15 is 0 Å². The molecule has 0 atom stereocenters. The average molecular weight is 450 g/mol. The first-order valence-electron chi connectivity index (χ1n) is 9.66. The van der Waals surface area contributed by atoms with Crippen molar-refractivity contribution in [2.75, 3.05) is 12.0 Å². The standard InChI is InChI=1S/C21H23NO6S2/c1-30(26,27)18-11-12-20(19(13-18)22(24)25)29-14-21(23)28-17-9-7-16(8-10-17)15-5-3-2-4-6-15/h7-13,15H,2-6,14H2,1H3. The number of ether oxygens (including phenoxy) is 1. The molecule has 1 saturated carbocycles. The van der Waals surface area contributed by atoms with Crippen LogP contribution in [0.1, 0.15) is 43.6 Å². The van der Waals surface area contributed by atoms with Gasteiger partial charge in [0.1, 0.15) is 5.75 Å². The number of benzene rings is 2. The normalized spacial score (nSPS) is 15.0. The van der Waals surface area contributed by atoms with E-state index in [1.54, 1.807) is 12.1 Å². The first kappa shape index (κ1) is 22.3. The first-order valence-corrected chi connectivity index (χ1v) is 12.5. The predicted molar refractivity (Wildman–Crippen MR) is 115 cm³/mol. The van der Waals surface area contributed by atoms with E-state index < -0.39 is 20.7 Å². The summed E-state index contributed by atoms with van der Waals surface area (Å²) in [5.74, 6) is 0.326. The molecule has 7 nitrogen and oxygen atoms in total. The summed E-state index contributed by atoms with van der Waals surface area (Å²) in [6.07, 6.45) is 7.14. The van der Waals surface area contributed by atoms with Gasteiger partial charge in [0.25, 0.3) is 5.69 Å². The smallest absolute Gasteiger partial charge is 0.321 e. The molecule has 1 aliphatic rings. The maximum Gasteiger partial charge on any atom is 0.321 e. The van der Waals surface area contributed by atoms with E-state index in [4.69, 9.17) is 4.74 Å². The second kappa shape index (κ2) is 9.61. The molecule has 1 fully saturated rings. The highest BCUT2D eigenvalue weighted by Crippen LogP contribution is 2.34. The van der Waals surface area contributed by atoms with Crippen molar-refractivity contribution < 1.29 is 22.9 Å². The van der Waals surface area contributed by atoms with Crippen molar-refractivity contribution in [3.05, 3.63) is 58.1 Å². The molecule has 9 heteroatoms. The minimum absolute atomic E-state index is 0.135. The van der Waals surface area contributed by atoms with Crippen LogP contribution in [0.5, 0.6) is 5.75 Å². The number of hydrogen-bond acceptors (Lipinski definition) is 7. The van der Waals surface area contributed by atoms with Crippen LogP contribution >= 0.6 is 11.8 Å². The van der Waals surface area contributed by atoms with Crippen molar-refractivity contribution in [3.63, 3.8) is 0 Å². The number of nitrogens with zero attached hydrogens (tertiary/aromatic N) is 1. The summed E-state index contributed by atoms with van der Waals surface area (Å²) in [6.45, 7) is 0. The lowest BCUT2D eigenvalue weighted by Crippen LogP contribution is -2.11. The Kier molecular flexibility index (Phi) is 7.14. The number of nitro benzene ring substituents is 1. The van der Waals surface area contributed by atoms with E-state index in [1.807, 2.05) is 12.1 Å². The van der Waals surface area contributed by atoms with E-state index in [1.165, 1.54) is 49.8 Å². The highest BCUT2D eigenvalue weighted by molar-refractivity contribution is 8.00. The molecule has 3 rings (SSSR count). The highest BCUT2D eigenvalue weighted by Gasteiger charge is 2.20. The fourth-order valence-electron chi connectivity index (χ4n) is 3.53. The van der Waals surface area contributed by atoms with Gasteiger partial charge in [-0.3, -0.25) is 14.9 Å². The Bertz CT molecular complexity index is 1030. The second-order valence-corrected chi connectivity index (χ2v) is 10.4. The van der Waals surface area contributed by atoms with Gasteiger partial charge in [-0.25, -0.2) is 8.42 Å². The number of hydrogen-bond donors (Lipinski definition) is 0. The van der Waals surface area contributed by atoms with Gasteiger partial charge in [-0.1, -0.05) is 31.4 Å². The molecule has 0 aliphatic heterocycles. The van der Waals surface area contributed by atoms with E-state index in [0.717, 1.165) is 24.1 Å². The lowest BCUT2D eigenvalue weighted by molar-refractivity contribution is -0.388. The molecule has 30 heavy (non-hydrogen) atoms. The number of carbonyl (C=O) groups is 1. The number of thioether (sulfide) groups is 1. The van der Waals surface area contributed by atoms with Gasteiger partial charge < -0.3 is 4.74 Å². The van der Waals surface area contributed by atoms with Gasteiger partial charge in [0.15, 0.2) is 9.84 Å². The third kappa shape index (κ3) is 5.82. The minimum Gasteiger partial charge on any atom is -0.426 e. The fourth-order valence-corrected chi connectivity index (χ4v) is 4.95. The SMILES string of the molecule is CS(=O)(=O)c1ccc(SCC(=O)Oc2ccc(C3CCCCC3)cc2)c([N+](=O)[O-])c1. The van der Waals surface area contributed by atoms with Gasteiger partial charge >= 0.3 is 5.97 Å². The van der Waals surface area contributed by atoms with E-state index in [0.29, 0.717) is 11.7 Å². The zero-order valence-corrected chi connectivity index (χ0v) is 18.2. The van der Waals surface area contributed by atoms with Crippen molar-refractivity contribution >= 4 is 33.3 Å². The second-order valence-electron chi connectivity index (χ2n) is 7.33. The van der Waals surface area contributed by atoms with Crippen LogP contribution in [-0.4, -0.2) is 31.3 Å². The van der Waals surface area contributed by atoms with Crippen LogP contribution in [0.3, 0.4) is 0 Å². The Morgan fingerprint density at radius 3 is 2.40 bits per heavy atom. The Balaban J connectivity index is 1.61. The third-order valence-corrected chi connectivity index (χ3v) is 7.24. The molecular formula is C21H23NO6S2. The van der Waals surface area contributed by atoms with Crippen LogP contribution in [0.15, 0.2) is 52.3 Å². The first-order chi connectivity index (χ1) is 14.2. The minimum atomic E-state index is -3.56. The van der Waals surface area contributed by atoms with Crippen LogP contribution in [0.4, 0.5) is 5.69 Å². The fraction of sp³-hybridized carbons (Fsp3) is 0.381. The molecule has 0 aromatic heterocycles.